The zero-order chi connectivity index (χ0) is 14.1. The molecule has 1 aromatic heterocycles. The van der Waals surface area contributed by atoms with Gasteiger partial charge < -0.3 is 4.74 Å². The highest BCUT2D eigenvalue weighted by molar-refractivity contribution is 9.10. The van der Waals surface area contributed by atoms with E-state index in [9.17, 15) is 4.79 Å². The molecule has 3 rings (SSSR count). The summed E-state index contributed by atoms with van der Waals surface area (Å²) in [6.45, 7) is 0.670. The number of pyridine rings is 1. The summed E-state index contributed by atoms with van der Waals surface area (Å²) in [7, 11) is 0. The summed E-state index contributed by atoms with van der Waals surface area (Å²) in [5.74, 6) is 0.805. The Morgan fingerprint density at radius 2 is 2.30 bits per heavy atom. The Morgan fingerprint density at radius 3 is 3.10 bits per heavy atom. The summed E-state index contributed by atoms with van der Waals surface area (Å²) in [4.78, 5) is 16.3. The summed E-state index contributed by atoms with van der Waals surface area (Å²) in [5.41, 5.74) is 2.53. The molecule has 0 saturated heterocycles. The van der Waals surface area contributed by atoms with E-state index in [2.05, 4.69) is 20.9 Å². The number of aromatic nitrogens is 1. The van der Waals surface area contributed by atoms with E-state index >= 15 is 0 Å². The van der Waals surface area contributed by atoms with E-state index < -0.39 is 0 Å². The predicted molar refractivity (Wildman–Crippen MR) is 80.6 cm³/mol. The highest BCUT2D eigenvalue weighted by Gasteiger charge is 2.20. The third-order valence-electron chi connectivity index (χ3n) is 3.25. The quantitative estimate of drug-likeness (QED) is 0.788. The van der Waals surface area contributed by atoms with Crippen LogP contribution in [0.2, 0.25) is 5.02 Å². The Labute approximate surface area is 130 Å². The fraction of sp³-hybridized carbons (Fsp3) is 0.200. The van der Waals surface area contributed by atoms with Crippen LogP contribution in [0.1, 0.15) is 21.5 Å². The lowest BCUT2D eigenvalue weighted by molar-refractivity contribution is 0.0992. The molecular weight excluding hydrogens is 342 g/mol. The number of hydrogen-bond acceptors (Lipinski definition) is 3. The maximum absolute atomic E-state index is 12.4. The summed E-state index contributed by atoms with van der Waals surface area (Å²) in [5, 5.41) is 0.380. The van der Waals surface area contributed by atoms with E-state index in [1.165, 1.54) is 6.20 Å². The van der Waals surface area contributed by atoms with Crippen molar-refractivity contribution in [3.05, 3.63) is 56.8 Å². The number of fused-ring (bicyclic) bond motifs is 1. The lowest BCUT2D eigenvalue weighted by Crippen LogP contribution is -2.06. The summed E-state index contributed by atoms with van der Waals surface area (Å²) >= 11 is 9.48. The SMILES string of the molecule is O=C(Cc1cc(Br)cc2c1OCC2)c1ccncc1Cl. The minimum Gasteiger partial charge on any atom is -0.493 e. The van der Waals surface area contributed by atoms with Gasteiger partial charge in [-0.05, 0) is 23.8 Å². The van der Waals surface area contributed by atoms with Gasteiger partial charge >= 0.3 is 0 Å². The third-order valence-corrected chi connectivity index (χ3v) is 4.01. The summed E-state index contributed by atoms with van der Waals surface area (Å²) < 4.78 is 6.60. The summed E-state index contributed by atoms with van der Waals surface area (Å²) in [6.07, 6.45) is 4.20. The second kappa shape index (κ2) is 5.54. The van der Waals surface area contributed by atoms with Gasteiger partial charge in [-0.1, -0.05) is 27.5 Å². The molecule has 0 aliphatic carbocycles. The number of rotatable bonds is 3. The van der Waals surface area contributed by atoms with Gasteiger partial charge in [0, 0.05) is 40.8 Å². The first-order valence-corrected chi connectivity index (χ1v) is 7.39. The van der Waals surface area contributed by atoms with E-state index in [0.29, 0.717) is 17.2 Å². The molecule has 0 radical (unpaired) electrons. The molecule has 1 aromatic carbocycles. The molecule has 0 fully saturated rings. The number of hydrogen-bond donors (Lipinski definition) is 0. The van der Waals surface area contributed by atoms with Crippen LogP contribution in [0.4, 0.5) is 0 Å². The fourth-order valence-electron chi connectivity index (χ4n) is 2.35. The monoisotopic (exact) mass is 351 g/mol. The van der Waals surface area contributed by atoms with E-state index in [-0.39, 0.29) is 12.2 Å². The molecule has 0 N–H and O–H groups in total. The topological polar surface area (TPSA) is 39.2 Å². The van der Waals surface area contributed by atoms with E-state index in [0.717, 1.165) is 27.8 Å². The highest BCUT2D eigenvalue weighted by Crippen LogP contribution is 2.34. The number of carbonyl (C=O) groups is 1. The van der Waals surface area contributed by atoms with Crippen molar-refractivity contribution in [1.82, 2.24) is 4.98 Å². The average Bonchev–Trinajstić information content (AvgIpc) is 2.87. The number of benzene rings is 1. The number of nitrogens with zero attached hydrogens (tertiary/aromatic N) is 1. The Hall–Kier alpha value is -1.39. The molecular formula is C15H11BrClNO2. The van der Waals surface area contributed by atoms with Crippen LogP contribution in [-0.2, 0) is 12.8 Å². The van der Waals surface area contributed by atoms with Gasteiger partial charge in [-0.3, -0.25) is 9.78 Å². The molecule has 5 heteroatoms. The highest BCUT2D eigenvalue weighted by atomic mass is 79.9. The van der Waals surface area contributed by atoms with E-state index in [1.807, 2.05) is 12.1 Å². The van der Waals surface area contributed by atoms with E-state index in [1.54, 1.807) is 12.3 Å². The van der Waals surface area contributed by atoms with Gasteiger partial charge in [0.1, 0.15) is 5.75 Å². The zero-order valence-corrected chi connectivity index (χ0v) is 12.9. The molecule has 0 spiro atoms. The van der Waals surface area contributed by atoms with Gasteiger partial charge in [-0.25, -0.2) is 0 Å². The smallest absolute Gasteiger partial charge is 0.168 e. The molecule has 0 atom stereocenters. The Morgan fingerprint density at radius 1 is 1.45 bits per heavy atom. The zero-order valence-electron chi connectivity index (χ0n) is 10.5. The molecule has 20 heavy (non-hydrogen) atoms. The summed E-state index contributed by atoms with van der Waals surface area (Å²) in [6, 6.07) is 5.61. The molecule has 1 aliphatic heterocycles. The molecule has 3 nitrogen and oxygen atoms in total. The molecule has 0 unspecified atom stereocenters. The van der Waals surface area contributed by atoms with Crippen molar-refractivity contribution in [2.45, 2.75) is 12.8 Å². The molecule has 2 aromatic rings. The second-order valence-electron chi connectivity index (χ2n) is 4.61. The minimum atomic E-state index is -0.0341. The minimum absolute atomic E-state index is 0.0341. The van der Waals surface area contributed by atoms with Crippen molar-refractivity contribution in [2.24, 2.45) is 0 Å². The van der Waals surface area contributed by atoms with E-state index in [4.69, 9.17) is 16.3 Å². The number of carbonyl (C=O) groups excluding carboxylic acids is 1. The van der Waals surface area contributed by atoms with Crippen molar-refractivity contribution < 1.29 is 9.53 Å². The van der Waals surface area contributed by atoms with Crippen LogP contribution in [0.3, 0.4) is 0 Å². The molecule has 1 aliphatic rings. The van der Waals surface area contributed by atoms with Crippen molar-refractivity contribution in [3.63, 3.8) is 0 Å². The molecule has 0 saturated carbocycles. The first-order valence-electron chi connectivity index (χ1n) is 6.22. The number of Topliss-reactive ketones (excluding diaryl/α,β-unsaturated/α-hetero) is 1. The normalized spacial score (nSPS) is 12.9. The first-order chi connectivity index (χ1) is 9.65. The molecule has 0 bridgehead atoms. The molecule has 2 heterocycles. The van der Waals surface area contributed by atoms with Crippen molar-refractivity contribution >= 4 is 33.3 Å². The van der Waals surface area contributed by atoms with Crippen LogP contribution in [0.15, 0.2) is 35.1 Å². The van der Waals surface area contributed by atoms with Gasteiger partial charge in [0.25, 0.3) is 0 Å². The Balaban J connectivity index is 1.93. The fourth-order valence-corrected chi connectivity index (χ4v) is 3.12. The maximum Gasteiger partial charge on any atom is 0.168 e. The Bertz CT molecular complexity index is 688. The van der Waals surface area contributed by atoms with Crippen LogP contribution in [-0.4, -0.2) is 17.4 Å². The van der Waals surface area contributed by atoms with Gasteiger partial charge in [0.2, 0.25) is 0 Å². The van der Waals surface area contributed by atoms with Gasteiger partial charge in [-0.15, -0.1) is 0 Å². The van der Waals surface area contributed by atoms with Gasteiger partial charge in [0.05, 0.1) is 11.6 Å². The van der Waals surface area contributed by atoms with Crippen molar-refractivity contribution in [2.75, 3.05) is 6.61 Å². The average molecular weight is 353 g/mol. The lowest BCUT2D eigenvalue weighted by Gasteiger charge is -2.09. The van der Waals surface area contributed by atoms with Crippen LogP contribution < -0.4 is 4.74 Å². The van der Waals surface area contributed by atoms with Crippen LogP contribution >= 0.6 is 27.5 Å². The Kier molecular flexibility index (Phi) is 3.76. The van der Waals surface area contributed by atoms with Crippen molar-refractivity contribution in [3.8, 4) is 5.75 Å². The predicted octanol–water partition coefficient (Wildman–Crippen LogP) is 3.86. The largest absolute Gasteiger partial charge is 0.493 e. The molecule has 102 valence electrons. The third kappa shape index (κ3) is 2.58. The molecule has 0 amide bonds. The van der Waals surface area contributed by atoms with Gasteiger partial charge in [0.15, 0.2) is 5.78 Å². The van der Waals surface area contributed by atoms with Crippen LogP contribution in [0.5, 0.6) is 5.75 Å². The number of halogens is 2. The number of ether oxygens (including phenoxy) is 1. The van der Waals surface area contributed by atoms with Crippen LogP contribution in [0.25, 0.3) is 0 Å². The lowest BCUT2D eigenvalue weighted by atomic mass is 10.0. The number of ketones is 1. The van der Waals surface area contributed by atoms with Gasteiger partial charge in [-0.2, -0.15) is 0 Å². The first kappa shape index (κ1) is 13.6. The van der Waals surface area contributed by atoms with Crippen LogP contribution in [0, 0.1) is 0 Å². The second-order valence-corrected chi connectivity index (χ2v) is 5.93. The van der Waals surface area contributed by atoms with Crippen molar-refractivity contribution in [1.29, 1.82) is 0 Å². The maximum atomic E-state index is 12.4. The standard InChI is InChI=1S/C15H11BrClNO2/c16-11-5-9-2-4-20-15(9)10(6-11)7-14(19)12-1-3-18-8-13(12)17/h1,3,5-6,8H,2,4,7H2.